The standard InChI is InChI=1S/C15H16N2O4/c1-2-12(18)17-11-5-3-4-10(8-11)15(14(20)21)7-6-13(19)16-9-15/h2-5,8H,1,6-7,9H2,(H,16,19)(H,17,18)(H,20,21). The van der Waals surface area contributed by atoms with Gasteiger partial charge >= 0.3 is 5.97 Å². The van der Waals surface area contributed by atoms with Gasteiger partial charge in [0.25, 0.3) is 0 Å². The van der Waals surface area contributed by atoms with Gasteiger partial charge in [-0.05, 0) is 30.2 Å². The molecule has 0 bridgehead atoms. The lowest BCUT2D eigenvalue weighted by Crippen LogP contribution is -2.51. The van der Waals surface area contributed by atoms with Crippen LogP contribution in [0.25, 0.3) is 0 Å². The lowest BCUT2D eigenvalue weighted by molar-refractivity contribution is -0.145. The van der Waals surface area contributed by atoms with Gasteiger partial charge in [-0.25, -0.2) is 0 Å². The maximum absolute atomic E-state index is 11.7. The molecule has 1 aromatic carbocycles. The maximum Gasteiger partial charge on any atom is 0.315 e. The van der Waals surface area contributed by atoms with Gasteiger partial charge in [-0.2, -0.15) is 0 Å². The highest BCUT2D eigenvalue weighted by atomic mass is 16.4. The fraction of sp³-hybridized carbons (Fsp3) is 0.267. The first-order chi connectivity index (χ1) is 9.98. The van der Waals surface area contributed by atoms with E-state index in [2.05, 4.69) is 17.2 Å². The van der Waals surface area contributed by atoms with E-state index < -0.39 is 11.4 Å². The molecule has 0 spiro atoms. The molecule has 1 aliphatic heterocycles. The number of nitrogens with one attached hydrogen (secondary N) is 2. The Balaban J connectivity index is 2.35. The molecular weight excluding hydrogens is 272 g/mol. The number of anilines is 1. The second kappa shape index (κ2) is 5.78. The second-order valence-electron chi connectivity index (χ2n) is 4.94. The number of carbonyl (C=O) groups is 3. The van der Waals surface area contributed by atoms with E-state index in [4.69, 9.17) is 0 Å². The molecule has 6 nitrogen and oxygen atoms in total. The minimum absolute atomic E-state index is 0.0417. The van der Waals surface area contributed by atoms with E-state index in [1.54, 1.807) is 24.3 Å². The van der Waals surface area contributed by atoms with Crippen molar-refractivity contribution in [2.45, 2.75) is 18.3 Å². The molecule has 21 heavy (non-hydrogen) atoms. The number of aliphatic carboxylic acids is 1. The summed E-state index contributed by atoms with van der Waals surface area (Å²) in [6.07, 6.45) is 1.53. The van der Waals surface area contributed by atoms with Crippen LogP contribution in [0.2, 0.25) is 0 Å². The Labute approximate surface area is 121 Å². The minimum Gasteiger partial charge on any atom is -0.481 e. The molecule has 2 rings (SSSR count). The average Bonchev–Trinajstić information content (AvgIpc) is 2.48. The van der Waals surface area contributed by atoms with E-state index in [-0.39, 0.29) is 31.2 Å². The predicted octanol–water partition coefficient (Wildman–Crippen LogP) is 1.04. The predicted molar refractivity (Wildman–Crippen MR) is 76.8 cm³/mol. The lowest BCUT2D eigenvalue weighted by atomic mass is 9.74. The molecule has 2 amide bonds. The van der Waals surface area contributed by atoms with Crippen LogP contribution in [0.4, 0.5) is 5.69 Å². The summed E-state index contributed by atoms with van der Waals surface area (Å²) in [5, 5.41) is 14.8. The zero-order chi connectivity index (χ0) is 15.5. The van der Waals surface area contributed by atoms with E-state index in [0.717, 1.165) is 6.08 Å². The van der Waals surface area contributed by atoms with Crippen LogP contribution in [-0.4, -0.2) is 29.4 Å². The largest absolute Gasteiger partial charge is 0.481 e. The van der Waals surface area contributed by atoms with Crippen molar-refractivity contribution in [3.05, 3.63) is 42.5 Å². The van der Waals surface area contributed by atoms with Crippen molar-refractivity contribution < 1.29 is 19.5 Å². The molecule has 1 heterocycles. The third-order valence-electron chi connectivity index (χ3n) is 3.64. The zero-order valence-electron chi connectivity index (χ0n) is 11.4. The van der Waals surface area contributed by atoms with Crippen LogP contribution in [0, 0.1) is 0 Å². The first-order valence-electron chi connectivity index (χ1n) is 6.52. The summed E-state index contributed by atoms with van der Waals surface area (Å²) in [7, 11) is 0. The van der Waals surface area contributed by atoms with E-state index >= 15 is 0 Å². The molecule has 110 valence electrons. The molecule has 1 unspecified atom stereocenters. The molecule has 0 radical (unpaired) electrons. The van der Waals surface area contributed by atoms with Crippen molar-refractivity contribution in [2.24, 2.45) is 0 Å². The highest BCUT2D eigenvalue weighted by Crippen LogP contribution is 2.33. The van der Waals surface area contributed by atoms with Gasteiger partial charge in [0.1, 0.15) is 5.41 Å². The summed E-state index contributed by atoms with van der Waals surface area (Å²) in [6, 6.07) is 6.65. The van der Waals surface area contributed by atoms with Crippen LogP contribution in [0.5, 0.6) is 0 Å². The summed E-state index contributed by atoms with van der Waals surface area (Å²) >= 11 is 0. The van der Waals surface area contributed by atoms with Crippen molar-refractivity contribution in [2.75, 3.05) is 11.9 Å². The molecule has 1 saturated heterocycles. The second-order valence-corrected chi connectivity index (χ2v) is 4.94. The molecule has 3 N–H and O–H groups in total. The van der Waals surface area contributed by atoms with Crippen molar-refractivity contribution in [1.82, 2.24) is 5.32 Å². The number of benzene rings is 1. The fourth-order valence-electron chi connectivity index (χ4n) is 2.39. The van der Waals surface area contributed by atoms with Crippen molar-refractivity contribution in [3.63, 3.8) is 0 Å². The fourth-order valence-corrected chi connectivity index (χ4v) is 2.39. The molecule has 1 atom stereocenters. The summed E-state index contributed by atoms with van der Waals surface area (Å²) < 4.78 is 0. The molecule has 1 aromatic rings. The maximum atomic E-state index is 11.7. The molecule has 0 saturated carbocycles. The van der Waals surface area contributed by atoms with Crippen LogP contribution in [0.1, 0.15) is 18.4 Å². The van der Waals surface area contributed by atoms with E-state index in [0.29, 0.717) is 11.3 Å². The van der Waals surface area contributed by atoms with Crippen molar-refractivity contribution in [1.29, 1.82) is 0 Å². The number of rotatable bonds is 4. The van der Waals surface area contributed by atoms with Gasteiger partial charge in [-0.1, -0.05) is 18.7 Å². The van der Waals surface area contributed by atoms with Gasteiger partial charge in [0.2, 0.25) is 11.8 Å². The highest BCUT2D eigenvalue weighted by molar-refractivity contribution is 5.99. The number of hydrogen-bond donors (Lipinski definition) is 3. The monoisotopic (exact) mass is 288 g/mol. The van der Waals surface area contributed by atoms with Gasteiger partial charge in [0.15, 0.2) is 0 Å². The molecule has 6 heteroatoms. The number of carboxylic acids is 1. The van der Waals surface area contributed by atoms with Gasteiger partial charge in [-0.15, -0.1) is 0 Å². The summed E-state index contributed by atoms with van der Waals surface area (Å²) in [4.78, 5) is 34.3. The van der Waals surface area contributed by atoms with E-state index in [9.17, 15) is 19.5 Å². The number of amides is 2. The highest BCUT2D eigenvalue weighted by Gasteiger charge is 2.43. The third-order valence-corrected chi connectivity index (χ3v) is 3.64. The first-order valence-corrected chi connectivity index (χ1v) is 6.52. The third kappa shape index (κ3) is 2.94. The van der Waals surface area contributed by atoms with Crippen LogP contribution in [0.3, 0.4) is 0 Å². The van der Waals surface area contributed by atoms with Crippen LogP contribution >= 0.6 is 0 Å². The summed E-state index contributed by atoms with van der Waals surface area (Å²) in [5.41, 5.74) is -0.116. The van der Waals surface area contributed by atoms with Gasteiger partial charge in [0, 0.05) is 18.7 Å². The average molecular weight is 288 g/mol. The number of piperidine rings is 1. The molecular formula is C15H16N2O4. The Morgan fingerprint density at radius 1 is 1.43 bits per heavy atom. The number of carboxylic acid groups (broad SMARTS) is 1. The number of carbonyl (C=O) groups excluding carboxylic acids is 2. The Hall–Kier alpha value is -2.63. The van der Waals surface area contributed by atoms with Gasteiger partial charge in [0.05, 0.1) is 0 Å². The Morgan fingerprint density at radius 3 is 2.76 bits per heavy atom. The summed E-state index contributed by atoms with van der Waals surface area (Å²) in [6.45, 7) is 3.41. The SMILES string of the molecule is C=CC(=O)Nc1cccc(C2(C(=O)O)CCC(=O)NC2)c1. The van der Waals surface area contributed by atoms with Crippen molar-refractivity contribution >= 4 is 23.5 Å². The van der Waals surface area contributed by atoms with Crippen LogP contribution in [0.15, 0.2) is 36.9 Å². The number of hydrogen-bond acceptors (Lipinski definition) is 3. The quantitative estimate of drug-likeness (QED) is 0.721. The Morgan fingerprint density at radius 2 is 2.19 bits per heavy atom. The smallest absolute Gasteiger partial charge is 0.315 e. The first kappa shape index (κ1) is 14.8. The zero-order valence-corrected chi connectivity index (χ0v) is 11.4. The topological polar surface area (TPSA) is 95.5 Å². The molecule has 0 aromatic heterocycles. The van der Waals surface area contributed by atoms with E-state index in [1.165, 1.54) is 0 Å². The Kier molecular flexibility index (Phi) is 4.07. The summed E-state index contributed by atoms with van der Waals surface area (Å²) in [5.74, 6) is -1.51. The van der Waals surface area contributed by atoms with E-state index in [1.807, 2.05) is 0 Å². The molecule has 1 aliphatic rings. The van der Waals surface area contributed by atoms with Gasteiger partial charge in [-0.3, -0.25) is 14.4 Å². The van der Waals surface area contributed by atoms with Crippen LogP contribution < -0.4 is 10.6 Å². The Bertz CT molecular complexity index is 599. The molecule has 1 fully saturated rings. The van der Waals surface area contributed by atoms with Crippen molar-refractivity contribution in [3.8, 4) is 0 Å². The lowest BCUT2D eigenvalue weighted by Gasteiger charge is -2.33. The normalized spacial score (nSPS) is 21.2. The minimum atomic E-state index is -1.16. The van der Waals surface area contributed by atoms with Gasteiger partial charge < -0.3 is 15.7 Å². The van der Waals surface area contributed by atoms with Crippen LogP contribution in [-0.2, 0) is 19.8 Å². The molecule has 0 aliphatic carbocycles.